The number of hydrogen-bond acceptors (Lipinski definition) is 5. The van der Waals surface area contributed by atoms with Crippen LogP contribution in [0.2, 0.25) is 0 Å². The second-order valence-corrected chi connectivity index (χ2v) is 9.29. The van der Waals surface area contributed by atoms with Gasteiger partial charge >= 0.3 is 11.5 Å². The van der Waals surface area contributed by atoms with Crippen LogP contribution in [0.4, 0.5) is 23.7 Å². The van der Waals surface area contributed by atoms with Gasteiger partial charge in [-0.3, -0.25) is 14.8 Å². The molecule has 0 radical (unpaired) electrons. The van der Waals surface area contributed by atoms with Crippen LogP contribution in [0.3, 0.4) is 0 Å². The lowest BCUT2D eigenvalue weighted by Crippen LogP contribution is -2.36. The van der Waals surface area contributed by atoms with Crippen molar-refractivity contribution in [3.8, 4) is 0 Å². The quantitative estimate of drug-likeness (QED) is 0.243. The number of imide groups is 1. The highest BCUT2D eigenvalue weighted by molar-refractivity contribution is 8.00. The summed E-state index contributed by atoms with van der Waals surface area (Å²) in [4.78, 5) is 38.3. The fourth-order valence-corrected chi connectivity index (χ4v) is 4.78. The number of alkyl halides is 3. The van der Waals surface area contributed by atoms with E-state index < -0.39 is 23.5 Å². The van der Waals surface area contributed by atoms with E-state index in [9.17, 15) is 22.8 Å². The molecule has 0 aliphatic carbocycles. The van der Waals surface area contributed by atoms with E-state index in [2.05, 4.69) is 9.97 Å². The first-order chi connectivity index (χ1) is 17.3. The molecular weight excluding hydrogens is 489 g/mol. The van der Waals surface area contributed by atoms with Crippen molar-refractivity contribution in [1.29, 1.82) is 0 Å². The maximum absolute atomic E-state index is 13.6. The average Bonchev–Trinajstić information content (AvgIpc) is 3.08. The lowest BCUT2D eigenvalue weighted by molar-refractivity contribution is -0.119. The molecule has 1 atom stereocenters. The number of rotatable bonds is 6. The van der Waals surface area contributed by atoms with Gasteiger partial charge in [-0.25, -0.2) is 9.69 Å². The fraction of sp³-hybridized carbons (Fsp3) is 0.154. The predicted octanol–water partition coefficient (Wildman–Crippen LogP) is 5.82. The Labute approximate surface area is 208 Å². The van der Waals surface area contributed by atoms with Gasteiger partial charge < -0.3 is 4.90 Å². The second kappa shape index (κ2) is 9.62. The third-order valence-corrected chi connectivity index (χ3v) is 6.60. The number of pyridine rings is 2. The van der Waals surface area contributed by atoms with Gasteiger partial charge in [0.05, 0.1) is 11.2 Å². The number of thioether (sulfide) groups is 1. The number of hydrogen-bond donors (Lipinski definition) is 0. The highest BCUT2D eigenvalue weighted by atomic mass is 32.2. The largest absolute Gasteiger partial charge is 0.446 e. The molecule has 1 aliphatic rings. The van der Waals surface area contributed by atoms with Gasteiger partial charge in [0.25, 0.3) is 5.91 Å². The zero-order chi connectivity index (χ0) is 25.3. The summed E-state index contributed by atoms with van der Waals surface area (Å²) in [5.41, 5.74) is -1.98. The lowest BCUT2D eigenvalue weighted by Gasteiger charge is -2.22. The van der Waals surface area contributed by atoms with E-state index in [1.54, 1.807) is 30.6 Å². The van der Waals surface area contributed by atoms with Crippen molar-refractivity contribution in [2.75, 3.05) is 4.90 Å². The van der Waals surface area contributed by atoms with Gasteiger partial charge in [0.15, 0.2) is 0 Å². The lowest BCUT2D eigenvalue weighted by atomic mass is 10.1. The van der Waals surface area contributed by atoms with Crippen LogP contribution in [0, 0.1) is 0 Å². The molecule has 3 amide bonds. The fourth-order valence-electron chi connectivity index (χ4n) is 4.24. The number of amides is 3. The van der Waals surface area contributed by atoms with Crippen molar-refractivity contribution in [2.24, 2.45) is 0 Å². The number of anilines is 1. The molecule has 0 bridgehead atoms. The topological polar surface area (TPSA) is 66.4 Å². The molecule has 182 valence electrons. The number of carbonyl (C=O) groups is 2. The van der Waals surface area contributed by atoms with Gasteiger partial charge in [-0.2, -0.15) is 13.2 Å². The zero-order valence-electron chi connectivity index (χ0n) is 18.7. The number of benzene rings is 2. The van der Waals surface area contributed by atoms with Crippen molar-refractivity contribution in [1.82, 2.24) is 14.9 Å². The molecule has 5 rings (SSSR count). The summed E-state index contributed by atoms with van der Waals surface area (Å²) in [7, 11) is 0. The summed E-state index contributed by atoms with van der Waals surface area (Å²) >= 11 is -0.254. The Bertz CT molecular complexity index is 1410. The first kappa shape index (κ1) is 23.8. The number of aromatic nitrogens is 2. The summed E-state index contributed by atoms with van der Waals surface area (Å²) in [6.45, 7) is 0.156. The van der Waals surface area contributed by atoms with Gasteiger partial charge in [-0.1, -0.05) is 24.3 Å². The summed E-state index contributed by atoms with van der Waals surface area (Å²) in [5, 5.41) is 0.865. The number of fused-ring (bicyclic) bond motifs is 1. The Morgan fingerprint density at radius 2 is 1.61 bits per heavy atom. The minimum Gasteiger partial charge on any atom is -0.307 e. The molecule has 1 unspecified atom stereocenters. The van der Waals surface area contributed by atoms with Crippen molar-refractivity contribution < 1.29 is 22.8 Å². The maximum atomic E-state index is 13.6. The molecule has 1 fully saturated rings. The molecule has 0 saturated carbocycles. The van der Waals surface area contributed by atoms with E-state index in [-0.39, 0.29) is 35.3 Å². The van der Waals surface area contributed by atoms with Crippen molar-refractivity contribution in [3.63, 3.8) is 0 Å². The molecule has 36 heavy (non-hydrogen) atoms. The molecule has 1 aliphatic heterocycles. The normalized spacial score (nSPS) is 16.2. The third kappa shape index (κ3) is 4.90. The minimum atomic E-state index is -4.43. The molecule has 3 heterocycles. The van der Waals surface area contributed by atoms with E-state index in [1.807, 2.05) is 30.3 Å². The Morgan fingerprint density at radius 3 is 2.33 bits per heavy atom. The molecule has 0 spiro atoms. The summed E-state index contributed by atoms with van der Waals surface area (Å²) in [6, 6.07) is 18.5. The molecule has 1 saturated heterocycles. The van der Waals surface area contributed by atoms with Crippen LogP contribution in [0.1, 0.15) is 11.3 Å². The number of urea groups is 1. The zero-order valence-corrected chi connectivity index (χ0v) is 19.5. The summed E-state index contributed by atoms with van der Waals surface area (Å²) < 4.78 is 38.2. The Balaban J connectivity index is 1.49. The van der Waals surface area contributed by atoms with E-state index in [4.69, 9.17) is 0 Å². The van der Waals surface area contributed by atoms with Crippen LogP contribution in [0.5, 0.6) is 0 Å². The average molecular weight is 509 g/mol. The second-order valence-electron chi connectivity index (χ2n) is 8.15. The van der Waals surface area contributed by atoms with Crippen LogP contribution in [0.15, 0.2) is 90.1 Å². The Hall–Kier alpha value is -3.92. The van der Waals surface area contributed by atoms with Crippen LogP contribution in [-0.2, 0) is 17.8 Å². The summed E-state index contributed by atoms with van der Waals surface area (Å²) in [5.74, 6) is -0.458. The van der Waals surface area contributed by atoms with Gasteiger partial charge in [-0.15, -0.1) is 0 Å². The van der Waals surface area contributed by atoms with Crippen LogP contribution in [0.25, 0.3) is 10.9 Å². The van der Waals surface area contributed by atoms with Crippen LogP contribution < -0.4 is 4.90 Å². The molecule has 6 nitrogen and oxygen atoms in total. The van der Waals surface area contributed by atoms with Gasteiger partial charge in [0, 0.05) is 41.3 Å². The highest BCUT2D eigenvalue weighted by Gasteiger charge is 2.46. The van der Waals surface area contributed by atoms with E-state index in [0.29, 0.717) is 5.69 Å². The van der Waals surface area contributed by atoms with E-state index in [0.717, 1.165) is 21.4 Å². The van der Waals surface area contributed by atoms with Gasteiger partial charge in [0.2, 0.25) is 0 Å². The molecule has 10 heteroatoms. The van der Waals surface area contributed by atoms with E-state index in [1.165, 1.54) is 29.2 Å². The van der Waals surface area contributed by atoms with Crippen molar-refractivity contribution in [3.05, 3.63) is 96.4 Å². The van der Waals surface area contributed by atoms with Crippen LogP contribution >= 0.6 is 11.8 Å². The SMILES string of the molecule is O=C1C(Cc2ccccn2)N(Cc2ccnc3ccccc23)C(=O)N1c1ccc(SC(F)(F)F)cc1. The molecule has 2 aromatic carbocycles. The molecule has 2 aromatic heterocycles. The standard InChI is InChI=1S/C26H19F3N4O2S/c27-26(28,29)36-20-10-8-19(9-11-20)33-24(34)23(15-18-5-3-4-13-30-18)32(25(33)35)16-17-12-14-31-22-7-2-1-6-21(17)22/h1-14,23H,15-16H2. The van der Waals surface area contributed by atoms with Crippen molar-refractivity contribution >= 4 is 40.3 Å². The predicted molar refractivity (Wildman–Crippen MR) is 130 cm³/mol. The summed E-state index contributed by atoms with van der Waals surface area (Å²) in [6.07, 6.45) is 3.47. The maximum Gasteiger partial charge on any atom is 0.446 e. The number of halogens is 3. The minimum absolute atomic E-state index is 0.0320. The van der Waals surface area contributed by atoms with Gasteiger partial charge in [0.1, 0.15) is 6.04 Å². The first-order valence-electron chi connectivity index (χ1n) is 11.0. The number of para-hydroxylation sites is 1. The first-order valence-corrected chi connectivity index (χ1v) is 11.8. The molecular formula is C26H19F3N4O2S. The van der Waals surface area contributed by atoms with E-state index >= 15 is 0 Å². The molecule has 0 N–H and O–H groups in total. The van der Waals surface area contributed by atoms with Gasteiger partial charge in [-0.05, 0) is 65.9 Å². The third-order valence-electron chi connectivity index (χ3n) is 5.86. The van der Waals surface area contributed by atoms with Crippen LogP contribution in [-0.4, -0.2) is 38.4 Å². The Morgan fingerprint density at radius 1 is 0.861 bits per heavy atom. The van der Waals surface area contributed by atoms with Crippen molar-refractivity contribution in [2.45, 2.75) is 29.4 Å². The highest BCUT2D eigenvalue weighted by Crippen LogP contribution is 2.38. The Kier molecular flexibility index (Phi) is 6.36. The monoisotopic (exact) mass is 508 g/mol. The number of nitrogens with zero attached hydrogens (tertiary/aromatic N) is 4. The smallest absolute Gasteiger partial charge is 0.307 e. The number of carbonyl (C=O) groups excluding carboxylic acids is 2. The molecule has 4 aromatic rings.